The average molecular weight is 254 g/mol. The van der Waals surface area contributed by atoms with E-state index in [1.165, 1.54) is 25.7 Å². The quantitative estimate of drug-likeness (QED) is 0.805. The summed E-state index contributed by atoms with van der Waals surface area (Å²) in [5, 5.41) is 3.76. The summed E-state index contributed by atoms with van der Waals surface area (Å²) in [4.78, 5) is 2.63. The van der Waals surface area contributed by atoms with Gasteiger partial charge in [0.25, 0.3) is 0 Å². The third-order valence-corrected chi connectivity index (χ3v) is 5.29. The smallest absolute Gasteiger partial charge is 0.0274 e. The van der Waals surface area contributed by atoms with Crippen LogP contribution in [0.5, 0.6) is 0 Å². The summed E-state index contributed by atoms with van der Waals surface area (Å²) >= 11 is 0. The highest BCUT2D eigenvalue weighted by Gasteiger charge is 2.42. The number of hydrogen-bond donors (Lipinski definition) is 1. The lowest BCUT2D eigenvalue weighted by atomic mass is 9.69. The molecule has 1 fully saturated rings. The largest absolute Gasteiger partial charge is 0.312 e. The van der Waals surface area contributed by atoms with Gasteiger partial charge in [-0.25, -0.2) is 0 Å². The Hall–Kier alpha value is -0.0800. The molecule has 108 valence electrons. The van der Waals surface area contributed by atoms with E-state index in [0.29, 0.717) is 23.0 Å². The van der Waals surface area contributed by atoms with Crippen LogP contribution in [0.15, 0.2) is 0 Å². The SMILES string of the molecule is CCNC1C(N(C)C(C)(C)CC)CCCC1(C)C. The van der Waals surface area contributed by atoms with Crippen molar-refractivity contribution >= 4 is 0 Å². The van der Waals surface area contributed by atoms with Gasteiger partial charge in [-0.05, 0) is 52.1 Å². The summed E-state index contributed by atoms with van der Waals surface area (Å²) in [6.07, 6.45) is 5.26. The van der Waals surface area contributed by atoms with Crippen molar-refractivity contribution in [2.45, 2.75) is 84.8 Å². The molecule has 0 aromatic carbocycles. The van der Waals surface area contributed by atoms with Crippen molar-refractivity contribution in [2.75, 3.05) is 13.6 Å². The van der Waals surface area contributed by atoms with Gasteiger partial charge in [-0.15, -0.1) is 0 Å². The van der Waals surface area contributed by atoms with Crippen LogP contribution in [0.1, 0.15) is 67.2 Å². The van der Waals surface area contributed by atoms with Crippen molar-refractivity contribution in [3.8, 4) is 0 Å². The molecule has 1 rings (SSSR count). The van der Waals surface area contributed by atoms with Gasteiger partial charge in [0.2, 0.25) is 0 Å². The number of hydrogen-bond acceptors (Lipinski definition) is 2. The Balaban J connectivity index is 2.90. The normalized spacial score (nSPS) is 28.7. The molecule has 0 bridgehead atoms. The molecule has 0 radical (unpaired) electrons. The summed E-state index contributed by atoms with van der Waals surface area (Å²) in [5.74, 6) is 0. The molecule has 2 atom stereocenters. The fourth-order valence-electron chi connectivity index (χ4n) is 3.36. The van der Waals surface area contributed by atoms with Crippen molar-refractivity contribution in [3.05, 3.63) is 0 Å². The van der Waals surface area contributed by atoms with Gasteiger partial charge in [-0.3, -0.25) is 4.90 Å². The highest BCUT2D eigenvalue weighted by molar-refractivity contribution is 5.00. The number of nitrogens with zero attached hydrogens (tertiary/aromatic N) is 1. The van der Waals surface area contributed by atoms with E-state index in [4.69, 9.17) is 0 Å². The molecule has 18 heavy (non-hydrogen) atoms. The molecular weight excluding hydrogens is 220 g/mol. The minimum atomic E-state index is 0.297. The molecule has 2 unspecified atom stereocenters. The Morgan fingerprint density at radius 1 is 1.28 bits per heavy atom. The maximum absolute atomic E-state index is 3.76. The summed E-state index contributed by atoms with van der Waals surface area (Å²) in [6.45, 7) is 15.2. The zero-order chi connectivity index (χ0) is 14.0. The number of rotatable bonds is 5. The molecule has 0 aromatic rings. The minimum absolute atomic E-state index is 0.297. The summed E-state index contributed by atoms with van der Waals surface area (Å²) in [7, 11) is 2.32. The van der Waals surface area contributed by atoms with Gasteiger partial charge in [0.15, 0.2) is 0 Å². The van der Waals surface area contributed by atoms with Crippen LogP contribution >= 0.6 is 0 Å². The van der Waals surface area contributed by atoms with Crippen LogP contribution in [0.3, 0.4) is 0 Å². The van der Waals surface area contributed by atoms with Gasteiger partial charge in [0, 0.05) is 17.6 Å². The maximum Gasteiger partial charge on any atom is 0.0274 e. The van der Waals surface area contributed by atoms with E-state index in [9.17, 15) is 0 Å². The molecule has 0 saturated heterocycles. The predicted octanol–water partition coefficient (Wildman–Crippen LogP) is 3.66. The Kier molecular flexibility index (Phi) is 5.25. The van der Waals surface area contributed by atoms with Crippen LogP contribution in [0.25, 0.3) is 0 Å². The van der Waals surface area contributed by atoms with E-state index in [-0.39, 0.29) is 0 Å². The Bertz CT molecular complexity index is 258. The van der Waals surface area contributed by atoms with E-state index in [2.05, 4.69) is 58.8 Å². The summed E-state index contributed by atoms with van der Waals surface area (Å²) in [5.41, 5.74) is 0.711. The number of nitrogens with one attached hydrogen (secondary N) is 1. The summed E-state index contributed by atoms with van der Waals surface area (Å²) in [6, 6.07) is 1.29. The molecule has 1 saturated carbocycles. The van der Waals surface area contributed by atoms with Crippen LogP contribution in [-0.4, -0.2) is 36.1 Å². The second-order valence-electron chi connectivity index (χ2n) is 7.26. The van der Waals surface area contributed by atoms with Gasteiger partial charge in [-0.1, -0.05) is 34.1 Å². The summed E-state index contributed by atoms with van der Waals surface area (Å²) < 4.78 is 0. The molecule has 0 aliphatic heterocycles. The lowest BCUT2D eigenvalue weighted by Crippen LogP contribution is -2.61. The third kappa shape index (κ3) is 3.27. The Morgan fingerprint density at radius 2 is 1.89 bits per heavy atom. The van der Waals surface area contributed by atoms with Crippen LogP contribution < -0.4 is 5.32 Å². The first-order valence-corrected chi connectivity index (χ1v) is 7.72. The lowest BCUT2D eigenvalue weighted by molar-refractivity contribution is 0.00888. The second kappa shape index (κ2) is 5.92. The molecule has 2 heteroatoms. The van der Waals surface area contributed by atoms with Gasteiger partial charge >= 0.3 is 0 Å². The molecule has 0 aromatic heterocycles. The van der Waals surface area contributed by atoms with Gasteiger partial charge < -0.3 is 5.32 Å². The third-order valence-electron chi connectivity index (χ3n) is 5.29. The van der Waals surface area contributed by atoms with E-state index in [0.717, 1.165) is 6.54 Å². The standard InChI is InChI=1S/C16H34N2/c1-8-16(5,6)18(7)13-11-10-12-15(3,4)14(13)17-9-2/h13-14,17H,8-12H2,1-7H3. The fraction of sp³-hybridized carbons (Fsp3) is 1.00. The van der Waals surface area contributed by atoms with Crippen molar-refractivity contribution in [1.82, 2.24) is 10.2 Å². The monoisotopic (exact) mass is 254 g/mol. The molecule has 1 N–H and O–H groups in total. The first kappa shape index (κ1) is 16.0. The van der Waals surface area contributed by atoms with Crippen molar-refractivity contribution < 1.29 is 0 Å². The lowest BCUT2D eigenvalue weighted by Gasteiger charge is -2.52. The van der Waals surface area contributed by atoms with Crippen LogP contribution in [0.4, 0.5) is 0 Å². The van der Waals surface area contributed by atoms with Crippen LogP contribution in [0, 0.1) is 5.41 Å². The van der Waals surface area contributed by atoms with Gasteiger partial charge in [-0.2, -0.15) is 0 Å². The van der Waals surface area contributed by atoms with Crippen molar-refractivity contribution in [3.63, 3.8) is 0 Å². The molecule has 0 heterocycles. The van der Waals surface area contributed by atoms with Crippen LogP contribution in [0.2, 0.25) is 0 Å². The molecule has 1 aliphatic carbocycles. The molecule has 0 amide bonds. The Labute approximate surface area is 115 Å². The zero-order valence-electron chi connectivity index (χ0n) is 13.6. The average Bonchev–Trinajstić information content (AvgIpc) is 2.30. The molecule has 2 nitrogen and oxygen atoms in total. The second-order valence-corrected chi connectivity index (χ2v) is 7.26. The predicted molar refractivity (Wildman–Crippen MR) is 81.0 cm³/mol. The topological polar surface area (TPSA) is 15.3 Å². The van der Waals surface area contributed by atoms with Crippen molar-refractivity contribution in [2.24, 2.45) is 5.41 Å². The first-order chi connectivity index (χ1) is 8.26. The fourth-order valence-corrected chi connectivity index (χ4v) is 3.36. The van der Waals surface area contributed by atoms with E-state index < -0.39 is 0 Å². The molecular formula is C16H34N2. The maximum atomic E-state index is 3.76. The highest BCUT2D eigenvalue weighted by atomic mass is 15.2. The highest BCUT2D eigenvalue weighted by Crippen LogP contribution is 2.39. The molecule has 1 aliphatic rings. The Morgan fingerprint density at radius 3 is 2.39 bits per heavy atom. The van der Waals surface area contributed by atoms with Gasteiger partial charge in [0.1, 0.15) is 0 Å². The van der Waals surface area contributed by atoms with Gasteiger partial charge in [0.05, 0.1) is 0 Å². The van der Waals surface area contributed by atoms with E-state index in [1.807, 2.05) is 0 Å². The zero-order valence-corrected chi connectivity index (χ0v) is 13.6. The van der Waals surface area contributed by atoms with E-state index >= 15 is 0 Å². The first-order valence-electron chi connectivity index (χ1n) is 7.72. The molecule has 0 spiro atoms. The number of likely N-dealkylation sites (N-methyl/N-ethyl adjacent to an activating group) is 2. The van der Waals surface area contributed by atoms with Crippen LogP contribution in [-0.2, 0) is 0 Å². The minimum Gasteiger partial charge on any atom is -0.312 e. The van der Waals surface area contributed by atoms with Crippen molar-refractivity contribution in [1.29, 1.82) is 0 Å². The van der Waals surface area contributed by atoms with E-state index in [1.54, 1.807) is 0 Å².